The second-order valence-electron chi connectivity index (χ2n) is 8.39. The highest BCUT2D eigenvalue weighted by atomic mass is 35.5. The first-order valence-electron chi connectivity index (χ1n) is 11.4. The third-order valence-corrected chi connectivity index (χ3v) is 5.53. The minimum atomic E-state index is -5.13. The maximum Gasteiger partial charge on any atom is 0.437 e. The van der Waals surface area contributed by atoms with Crippen LogP contribution in [0.15, 0.2) is 69.8 Å². The van der Waals surface area contributed by atoms with Crippen LogP contribution in [0.25, 0.3) is 11.3 Å². The third kappa shape index (κ3) is 8.19. The van der Waals surface area contributed by atoms with Crippen LogP contribution in [0.5, 0.6) is 5.75 Å². The maximum atomic E-state index is 13.8. The minimum Gasteiger partial charge on any atom is -0.452 e. The van der Waals surface area contributed by atoms with Crippen LogP contribution < -0.4 is 10.3 Å². The van der Waals surface area contributed by atoms with Gasteiger partial charge in [-0.1, -0.05) is 35.9 Å². The molecule has 0 aliphatic carbocycles. The number of nitrogens with one attached hydrogen (secondary N) is 1. The Hall–Kier alpha value is -4.61. The summed E-state index contributed by atoms with van der Waals surface area (Å²) >= 11 is 5.83. The molecule has 0 saturated carbocycles. The number of H-pyrrole nitrogens is 1. The van der Waals surface area contributed by atoms with Gasteiger partial charge in [0.25, 0.3) is 12.0 Å². The molecule has 1 aromatic heterocycles. The first-order chi connectivity index (χ1) is 19.3. The molecule has 0 amide bonds. The van der Waals surface area contributed by atoms with Gasteiger partial charge in [-0.15, -0.1) is 0 Å². The van der Waals surface area contributed by atoms with Crippen molar-refractivity contribution in [1.82, 2.24) is 15.1 Å². The maximum absolute atomic E-state index is 13.8. The Labute approximate surface area is 233 Å². The van der Waals surface area contributed by atoms with Gasteiger partial charge in [0.1, 0.15) is 11.9 Å². The van der Waals surface area contributed by atoms with Gasteiger partial charge < -0.3 is 14.7 Å². The molecule has 1 heterocycles. The standard InChI is InChI=1S/C26H19ClF5N5O4/c1-37(11-17-8-20(35-36-25(17)40)15-2-4-16(5-3-15)22(39)24(28)29)13-34-23(26(30,31)32)21(12-38)41-19-7-14(10-33)6-18(27)9-19/h2-9,12-13,22,24,39H,11H2,1H3,(H,36,40)/b23-21+,34-13-. The molecular weight excluding hydrogens is 577 g/mol. The molecule has 0 aliphatic heterocycles. The van der Waals surface area contributed by atoms with Gasteiger partial charge in [-0.2, -0.15) is 23.5 Å². The highest BCUT2D eigenvalue weighted by molar-refractivity contribution is 6.30. The van der Waals surface area contributed by atoms with Crippen molar-refractivity contribution in [2.24, 2.45) is 4.99 Å². The second-order valence-corrected chi connectivity index (χ2v) is 8.82. The summed E-state index contributed by atoms with van der Waals surface area (Å²) in [5.74, 6) is -1.49. The van der Waals surface area contributed by atoms with E-state index in [0.29, 0.717) is 5.56 Å². The number of aromatic amines is 1. The van der Waals surface area contributed by atoms with Gasteiger partial charge in [-0.3, -0.25) is 9.59 Å². The number of alkyl halides is 5. The van der Waals surface area contributed by atoms with Crippen LogP contribution >= 0.6 is 11.6 Å². The van der Waals surface area contributed by atoms with Gasteiger partial charge in [0, 0.05) is 29.7 Å². The smallest absolute Gasteiger partial charge is 0.437 e. The summed E-state index contributed by atoms with van der Waals surface area (Å²) in [5.41, 5.74) is -1.71. The molecule has 1 unspecified atom stereocenters. The van der Waals surface area contributed by atoms with Crippen molar-refractivity contribution in [2.75, 3.05) is 7.05 Å². The Morgan fingerprint density at radius 1 is 1.24 bits per heavy atom. The summed E-state index contributed by atoms with van der Waals surface area (Å²) in [6.07, 6.45) is -9.55. The quantitative estimate of drug-likeness (QED) is 0.0862. The summed E-state index contributed by atoms with van der Waals surface area (Å²) in [4.78, 5) is 28.3. The fourth-order valence-electron chi connectivity index (χ4n) is 3.39. The number of hydrogen-bond donors (Lipinski definition) is 2. The second kappa shape index (κ2) is 13.2. The van der Waals surface area contributed by atoms with Crippen molar-refractivity contribution in [2.45, 2.75) is 25.3 Å². The average molecular weight is 596 g/mol. The van der Waals surface area contributed by atoms with E-state index in [1.165, 1.54) is 43.4 Å². The molecule has 0 radical (unpaired) electrons. The number of halogens is 6. The Kier molecular flexibility index (Phi) is 9.93. The SMILES string of the molecule is CN(/C=N\C(=C(/C=O)Oc1cc(Cl)cc(C#N)c1)C(F)(F)F)Cc1cc(-c2ccc(C(O)C(F)F)cc2)n[nH]c1=O. The molecule has 0 aliphatic rings. The molecule has 9 nitrogen and oxygen atoms in total. The molecule has 3 aromatic rings. The van der Waals surface area contributed by atoms with Gasteiger partial charge in [-0.25, -0.2) is 18.9 Å². The number of allylic oxidation sites excluding steroid dienone is 2. The molecule has 15 heteroatoms. The molecule has 41 heavy (non-hydrogen) atoms. The monoisotopic (exact) mass is 595 g/mol. The number of aliphatic imine (C=N–C) groups is 1. The molecular formula is C26H19ClF5N5O4. The van der Waals surface area contributed by atoms with Crippen LogP contribution in [0.2, 0.25) is 5.02 Å². The summed E-state index contributed by atoms with van der Waals surface area (Å²) < 4.78 is 71.8. The predicted octanol–water partition coefficient (Wildman–Crippen LogP) is 4.77. The van der Waals surface area contributed by atoms with Crippen LogP contribution in [0.4, 0.5) is 22.0 Å². The first-order valence-corrected chi connectivity index (χ1v) is 11.7. The highest BCUT2D eigenvalue weighted by Crippen LogP contribution is 2.31. The van der Waals surface area contributed by atoms with Gasteiger partial charge in [0.15, 0.2) is 17.7 Å². The van der Waals surface area contributed by atoms with E-state index in [4.69, 9.17) is 21.6 Å². The van der Waals surface area contributed by atoms with E-state index in [2.05, 4.69) is 15.2 Å². The zero-order valence-corrected chi connectivity index (χ0v) is 21.6. The van der Waals surface area contributed by atoms with Crippen molar-refractivity contribution >= 4 is 24.2 Å². The number of aliphatic hydroxyl groups excluding tert-OH is 1. The lowest BCUT2D eigenvalue weighted by Crippen LogP contribution is -2.24. The van der Waals surface area contributed by atoms with Crippen LogP contribution in [0.3, 0.4) is 0 Å². The fraction of sp³-hybridized carbons (Fsp3) is 0.192. The first kappa shape index (κ1) is 30.9. The number of nitriles is 1. The number of carbonyl (C=O) groups excluding carboxylic acids is 1. The molecule has 1 atom stereocenters. The van der Waals surface area contributed by atoms with Gasteiger partial charge in [-0.05, 0) is 29.8 Å². The van der Waals surface area contributed by atoms with E-state index in [1.54, 1.807) is 6.07 Å². The highest BCUT2D eigenvalue weighted by Gasteiger charge is 2.38. The molecule has 0 fully saturated rings. The van der Waals surface area contributed by atoms with Gasteiger partial charge >= 0.3 is 6.18 Å². The summed E-state index contributed by atoms with van der Waals surface area (Å²) in [6, 6.07) is 11.9. The van der Waals surface area contributed by atoms with Crippen molar-refractivity contribution in [3.05, 3.63) is 92.1 Å². The molecule has 0 spiro atoms. The number of aromatic nitrogens is 2. The molecule has 0 saturated heterocycles. The molecule has 3 rings (SSSR count). The normalized spacial score (nSPS) is 13.1. The molecule has 2 aromatic carbocycles. The molecule has 2 N–H and O–H groups in total. The number of carbonyl (C=O) groups is 1. The lowest BCUT2D eigenvalue weighted by Gasteiger charge is -2.15. The van der Waals surface area contributed by atoms with Crippen LogP contribution in [-0.2, 0) is 11.3 Å². The predicted molar refractivity (Wildman–Crippen MR) is 137 cm³/mol. The fourth-order valence-corrected chi connectivity index (χ4v) is 3.62. The lowest BCUT2D eigenvalue weighted by molar-refractivity contribution is -0.110. The van der Waals surface area contributed by atoms with Crippen LogP contribution in [-0.4, -0.2) is 52.5 Å². The number of nitrogens with zero attached hydrogens (tertiary/aromatic N) is 4. The topological polar surface area (TPSA) is 132 Å². The van der Waals surface area contributed by atoms with Crippen molar-refractivity contribution in [1.29, 1.82) is 5.26 Å². The van der Waals surface area contributed by atoms with E-state index in [9.17, 15) is 36.6 Å². The molecule has 214 valence electrons. The Balaban J connectivity index is 1.85. The van der Waals surface area contributed by atoms with E-state index in [-0.39, 0.29) is 46.0 Å². The average Bonchev–Trinajstić information content (AvgIpc) is 2.92. The summed E-state index contributed by atoms with van der Waals surface area (Å²) in [7, 11) is 1.31. The zero-order chi connectivity index (χ0) is 30.3. The van der Waals surface area contributed by atoms with Crippen molar-refractivity contribution in [3.63, 3.8) is 0 Å². The number of aldehydes is 1. The number of rotatable bonds is 10. The number of ether oxygens (including phenoxy) is 1. The minimum absolute atomic E-state index is 0.00951. The van der Waals surface area contributed by atoms with E-state index in [1.807, 2.05) is 0 Å². The van der Waals surface area contributed by atoms with Crippen molar-refractivity contribution < 1.29 is 36.6 Å². The Morgan fingerprint density at radius 2 is 1.93 bits per heavy atom. The Bertz CT molecular complexity index is 1570. The van der Waals surface area contributed by atoms with Gasteiger partial charge in [0.2, 0.25) is 0 Å². The van der Waals surface area contributed by atoms with E-state index in [0.717, 1.165) is 23.4 Å². The van der Waals surface area contributed by atoms with E-state index < -0.39 is 35.7 Å². The summed E-state index contributed by atoms with van der Waals surface area (Å²) in [5, 5.41) is 24.6. The van der Waals surface area contributed by atoms with Crippen LogP contribution in [0.1, 0.15) is 22.8 Å². The number of aliphatic hydroxyl groups is 1. The largest absolute Gasteiger partial charge is 0.452 e. The molecule has 0 bridgehead atoms. The number of hydrogen-bond acceptors (Lipinski definition) is 7. The third-order valence-electron chi connectivity index (χ3n) is 5.31. The summed E-state index contributed by atoms with van der Waals surface area (Å²) in [6.45, 7) is -0.251. The van der Waals surface area contributed by atoms with Gasteiger partial charge in [0.05, 0.1) is 23.7 Å². The van der Waals surface area contributed by atoms with Crippen molar-refractivity contribution in [3.8, 4) is 23.1 Å². The van der Waals surface area contributed by atoms with Crippen LogP contribution in [0, 0.1) is 11.3 Å². The van der Waals surface area contributed by atoms with E-state index >= 15 is 0 Å². The number of benzene rings is 2. The Morgan fingerprint density at radius 3 is 2.51 bits per heavy atom. The lowest BCUT2D eigenvalue weighted by atomic mass is 10.0. The zero-order valence-electron chi connectivity index (χ0n) is 20.9.